The first-order chi connectivity index (χ1) is 12.7. The van der Waals surface area contributed by atoms with Crippen LogP contribution in [0.1, 0.15) is 63.6 Å². The molecule has 0 aliphatic carbocycles. The van der Waals surface area contributed by atoms with E-state index in [1.807, 2.05) is 18.7 Å². The van der Waals surface area contributed by atoms with Crippen LogP contribution in [0.5, 0.6) is 5.75 Å². The van der Waals surface area contributed by atoms with Gasteiger partial charge >= 0.3 is 0 Å². The Morgan fingerprint density at radius 2 is 1.92 bits per heavy atom. The van der Waals surface area contributed by atoms with E-state index in [4.69, 9.17) is 4.74 Å². The third-order valence-corrected chi connectivity index (χ3v) is 6.74. The largest absolute Gasteiger partial charge is 0.494 e. The van der Waals surface area contributed by atoms with Crippen molar-refractivity contribution in [2.24, 2.45) is 0 Å². The van der Waals surface area contributed by atoms with Crippen molar-refractivity contribution in [3.63, 3.8) is 0 Å². The molecule has 1 heterocycles. The zero-order chi connectivity index (χ0) is 18.4. The minimum Gasteiger partial charge on any atom is -0.494 e. The topological polar surface area (TPSA) is 21.3 Å². The van der Waals surface area contributed by atoms with Crippen molar-refractivity contribution in [3.05, 3.63) is 59.7 Å². The number of nitrogens with one attached hydrogen (secondary N) is 1. The van der Waals surface area contributed by atoms with Gasteiger partial charge in [0.25, 0.3) is 0 Å². The number of rotatable bonds is 7. The second-order valence-electron chi connectivity index (χ2n) is 7.15. The molecule has 0 fully saturated rings. The first-order valence-electron chi connectivity index (χ1n) is 9.93. The summed E-state index contributed by atoms with van der Waals surface area (Å²) < 4.78 is 5.76. The Hall–Kier alpha value is -1.45. The minimum absolute atomic E-state index is 0.173. The van der Waals surface area contributed by atoms with Gasteiger partial charge in [-0.2, -0.15) is 0 Å². The van der Waals surface area contributed by atoms with Crippen LogP contribution in [0.15, 0.2) is 53.4 Å². The highest BCUT2D eigenvalue weighted by atomic mass is 32.2. The molecule has 140 valence electrons. The molecule has 0 spiro atoms. The Morgan fingerprint density at radius 3 is 2.62 bits per heavy atom. The molecule has 3 heteroatoms. The summed E-state index contributed by atoms with van der Waals surface area (Å²) in [5, 5.41) is 4.08. The molecule has 0 saturated carbocycles. The first-order valence-corrected chi connectivity index (χ1v) is 10.9. The molecule has 0 saturated heterocycles. The van der Waals surface area contributed by atoms with Gasteiger partial charge in [-0.05, 0) is 43.0 Å². The molecule has 2 aromatic rings. The molecule has 1 aliphatic rings. The highest BCUT2D eigenvalue weighted by Gasteiger charge is 2.35. The van der Waals surface area contributed by atoms with Gasteiger partial charge in [0.05, 0.1) is 12.6 Å². The Labute approximate surface area is 162 Å². The van der Waals surface area contributed by atoms with Gasteiger partial charge in [-0.3, -0.25) is 5.32 Å². The smallest absolute Gasteiger partial charge is 0.120 e. The fourth-order valence-electron chi connectivity index (χ4n) is 3.72. The van der Waals surface area contributed by atoms with E-state index >= 15 is 0 Å². The Balaban J connectivity index is 2.02. The van der Waals surface area contributed by atoms with E-state index in [9.17, 15) is 0 Å². The number of hydrogen-bond donors (Lipinski definition) is 1. The average Bonchev–Trinajstić information content (AvgIpc) is 2.85. The highest BCUT2D eigenvalue weighted by Crippen LogP contribution is 2.42. The Kier molecular flexibility index (Phi) is 6.66. The fourth-order valence-corrected chi connectivity index (χ4v) is 5.14. The van der Waals surface area contributed by atoms with Crippen molar-refractivity contribution in [2.45, 2.75) is 62.9 Å². The van der Waals surface area contributed by atoms with Gasteiger partial charge in [0.2, 0.25) is 0 Å². The molecule has 1 N–H and O–H groups in total. The van der Waals surface area contributed by atoms with Crippen LogP contribution in [-0.4, -0.2) is 17.9 Å². The van der Waals surface area contributed by atoms with E-state index < -0.39 is 0 Å². The Bertz CT molecular complexity index is 703. The average molecular weight is 370 g/mol. The molecule has 1 aliphatic heterocycles. The first kappa shape index (κ1) is 19.3. The number of hydrogen-bond acceptors (Lipinski definition) is 3. The summed E-state index contributed by atoms with van der Waals surface area (Å²) in [4.78, 5) is 1.35. The molecular formula is C23H31NOS. The van der Waals surface area contributed by atoms with Crippen molar-refractivity contribution in [1.29, 1.82) is 0 Å². The third kappa shape index (κ3) is 4.27. The normalized spacial score (nSPS) is 22.5. The van der Waals surface area contributed by atoms with Gasteiger partial charge in [0, 0.05) is 16.2 Å². The molecule has 3 rings (SSSR count). The van der Waals surface area contributed by atoms with Gasteiger partial charge < -0.3 is 4.74 Å². The van der Waals surface area contributed by atoms with Gasteiger partial charge in [0.15, 0.2) is 0 Å². The van der Waals surface area contributed by atoms with Crippen LogP contribution >= 0.6 is 11.8 Å². The number of unbranched alkanes of at least 4 members (excludes halogenated alkanes) is 1. The number of fused-ring (bicyclic) bond motifs is 1. The molecule has 2 nitrogen and oxygen atoms in total. The Morgan fingerprint density at radius 1 is 1.12 bits per heavy atom. The lowest BCUT2D eigenvalue weighted by molar-refractivity contribution is 0.297. The number of ether oxygens (including phenoxy) is 1. The molecular weight excluding hydrogens is 338 g/mol. The summed E-state index contributed by atoms with van der Waals surface area (Å²) in [6.45, 7) is 7.36. The third-order valence-electron chi connectivity index (χ3n) is 5.38. The summed E-state index contributed by atoms with van der Waals surface area (Å²) >= 11 is 1.99. The number of thioether (sulfide) groups is 1. The van der Waals surface area contributed by atoms with Gasteiger partial charge in [-0.15, -0.1) is 11.8 Å². The maximum absolute atomic E-state index is 5.76. The molecule has 0 unspecified atom stereocenters. The van der Waals surface area contributed by atoms with E-state index in [0.717, 1.165) is 17.9 Å². The van der Waals surface area contributed by atoms with E-state index in [0.29, 0.717) is 6.61 Å². The van der Waals surface area contributed by atoms with Crippen LogP contribution in [0.25, 0.3) is 0 Å². The van der Waals surface area contributed by atoms with Crippen molar-refractivity contribution in [2.75, 3.05) is 12.4 Å². The van der Waals surface area contributed by atoms with Crippen LogP contribution in [0, 0.1) is 0 Å². The summed E-state index contributed by atoms with van der Waals surface area (Å²) in [6.07, 6.45) is 4.88. The number of benzene rings is 2. The lowest BCUT2D eigenvalue weighted by Crippen LogP contribution is -2.48. The monoisotopic (exact) mass is 369 g/mol. The van der Waals surface area contributed by atoms with Crippen molar-refractivity contribution < 1.29 is 4.74 Å². The molecule has 0 amide bonds. The minimum atomic E-state index is 0.173. The van der Waals surface area contributed by atoms with Gasteiger partial charge in [-0.25, -0.2) is 0 Å². The second kappa shape index (κ2) is 8.96. The summed E-state index contributed by atoms with van der Waals surface area (Å²) in [5.74, 6) is 2.08. The maximum Gasteiger partial charge on any atom is 0.120 e. The van der Waals surface area contributed by atoms with E-state index in [1.54, 1.807) is 0 Å². The van der Waals surface area contributed by atoms with E-state index in [-0.39, 0.29) is 11.6 Å². The fraction of sp³-hybridized carbons (Fsp3) is 0.478. The van der Waals surface area contributed by atoms with Gasteiger partial charge in [0.1, 0.15) is 5.75 Å². The van der Waals surface area contributed by atoms with Gasteiger partial charge in [-0.1, -0.05) is 63.1 Å². The zero-order valence-corrected chi connectivity index (χ0v) is 17.1. The standard InChI is InChI=1S/C23H31NOS/c1-4-7-15-23(5-2)17-26-21-16-19(25-6-3)13-14-20(21)22(24-23)18-11-9-8-10-12-18/h8-14,16,22,24H,4-7,15,17H2,1-3H3/t22-,23-/m0/s1. The predicted molar refractivity (Wildman–Crippen MR) is 112 cm³/mol. The SMILES string of the molecule is CCCC[C@@]1(CC)CSc2cc(OCC)ccc2[C@H](c2ccccc2)N1. The van der Waals surface area contributed by atoms with Crippen LogP contribution in [0.4, 0.5) is 0 Å². The molecule has 0 radical (unpaired) electrons. The lowest BCUT2D eigenvalue weighted by atomic mass is 9.88. The molecule has 0 aromatic heterocycles. The summed E-state index contributed by atoms with van der Waals surface area (Å²) in [7, 11) is 0. The van der Waals surface area contributed by atoms with Crippen molar-refractivity contribution in [3.8, 4) is 5.75 Å². The van der Waals surface area contributed by atoms with E-state index in [2.05, 4.69) is 67.7 Å². The summed E-state index contributed by atoms with van der Waals surface area (Å²) in [6, 6.07) is 17.7. The molecule has 2 aromatic carbocycles. The van der Waals surface area contributed by atoms with Crippen LogP contribution in [0.3, 0.4) is 0 Å². The highest BCUT2D eigenvalue weighted by molar-refractivity contribution is 7.99. The molecule has 26 heavy (non-hydrogen) atoms. The molecule has 2 atom stereocenters. The van der Waals surface area contributed by atoms with E-state index in [1.165, 1.54) is 35.3 Å². The second-order valence-corrected chi connectivity index (χ2v) is 8.16. The van der Waals surface area contributed by atoms with Crippen LogP contribution < -0.4 is 10.1 Å². The predicted octanol–water partition coefficient (Wildman–Crippen LogP) is 6.21. The van der Waals surface area contributed by atoms with Crippen LogP contribution in [0.2, 0.25) is 0 Å². The maximum atomic E-state index is 5.76. The quantitative estimate of drug-likeness (QED) is 0.627. The van der Waals surface area contributed by atoms with Crippen LogP contribution in [-0.2, 0) is 0 Å². The summed E-state index contributed by atoms with van der Waals surface area (Å²) in [5.41, 5.74) is 2.89. The van der Waals surface area contributed by atoms with Crippen molar-refractivity contribution in [1.82, 2.24) is 5.32 Å². The lowest BCUT2D eigenvalue weighted by Gasteiger charge is -2.36. The zero-order valence-electron chi connectivity index (χ0n) is 16.3. The molecule has 0 bridgehead atoms. The van der Waals surface area contributed by atoms with Crippen molar-refractivity contribution >= 4 is 11.8 Å².